The molecule has 0 bridgehead atoms. The average Bonchev–Trinajstić information content (AvgIpc) is 3.83. The van der Waals surface area contributed by atoms with E-state index in [4.69, 9.17) is 42.6 Å². The van der Waals surface area contributed by atoms with Gasteiger partial charge in [-0.1, -0.05) is 59.6 Å². The normalized spacial score (nSPS) is 21.7. The number of rotatable bonds is 9. The van der Waals surface area contributed by atoms with E-state index in [1.54, 1.807) is 14.2 Å². The number of hydrogen-bond donors (Lipinski definition) is 3. The smallest absolute Gasteiger partial charge is 0.220 e. The van der Waals surface area contributed by atoms with Crippen LogP contribution in [0.5, 0.6) is 11.8 Å². The Morgan fingerprint density at radius 3 is 1.98 bits per heavy atom. The minimum atomic E-state index is -0.261. The summed E-state index contributed by atoms with van der Waals surface area (Å²) in [4.78, 5) is 23.9. The standard InChI is InChI=1S/C38H39Cl2N5O4/c1-48-37-33-20(9-12-28(33)41-17-22-11-14-32(47)42-22)15-29(43-37)26-7-3-5-24(35(26)39)25-6-4-8-27(36(25)40)30-16-21-10-13-31(45-18-23(46)19-45)34(21)38(44-30)49-2/h3-8,15-16,22-23,28,31,41,46H,9-14,17-19H2,1-2H3,(H,42,47)/t22-,28-,31-/m0/s1. The van der Waals surface area contributed by atoms with Crippen LogP contribution in [0.15, 0.2) is 48.5 Å². The average molecular weight is 701 g/mol. The second-order valence-electron chi connectivity index (χ2n) is 13.5. The van der Waals surface area contributed by atoms with Gasteiger partial charge in [0, 0.05) is 77.6 Å². The zero-order valence-corrected chi connectivity index (χ0v) is 29.1. The summed E-state index contributed by atoms with van der Waals surface area (Å²) in [7, 11) is 3.31. The zero-order chi connectivity index (χ0) is 33.8. The lowest BCUT2D eigenvalue weighted by atomic mass is 9.97. The number of aryl methyl sites for hydroxylation is 2. The van der Waals surface area contributed by atoms with E-state index in [1.807, 2.05) is 36.4 Å². The summed E-state index contributed by atoms with van der Waals surface area (Å²) in [6.45, 7) is 2.07. The van der Waals surface area contributed by atoms with E-state index in [1.165, 1.54) is 11.1 Å². The van der Waals surface area contributed by atoms with E-state index in [2.05, 4.69) is 27.7 Å². The van der Waals surface area contributed by atoms with Gasteiger partial charge < -0.3 is 25.2 Å². The fourth-order valence-corrected chi connectivity index (χ4v) is 8.73. The predicted molar refractivity (Wildman–Crippen MR) is 190 cm³/mol. The van der Waals surface area contributed by atoms with E-state index in [0.29, 0.717) is 47.9 Å². The number of hydrogen-bond acceptors (Lipinski definition) is 8. The Kier molecular flexibility index (Phi) is 8.74. The van der Waals surface area contributed by atoms with Crippen LogP contribution in [-0.2, 0) is 17.6 Å². The van der Waals surface area contributed by atoms with Crippen molar-refractivity contribution < 1.29 is 19.4 Å². The molecule has 11 heteroatoms. The lowest BCUT2D eigenvalue weighted by Gasteiger charge is -2.40. The molecule has 2 aromatic heterocycles. The second-order valence-corrected chi connectivity index (χ2v) is 14.2. The van der Waals surface area contributed by atoms with Gasteiger partial charge in [0.2, 0.25) is 17.7 Å². The van der Waals surface area contributed by atoms with Crippen molar-refractivity contribution in [2.45, 2.75) is 62.8 Å². The number of pyridine rings is 2. The number of carbonyl (C=O) groups excluding carboxylic acids is 1. The molecule has 3 N–H and O–H groups in total. The summed E-state index contributed by atoms with van der Waals surface area (Å²) in [5, 5.41) is 17.7. The molecule has 1 amide bonds. The van der Waals surface area contributed by atoms with Crippen LogP contribution in [0, 0.1) is 0 Å². The number of methoxy groups -OCH3 is 2. The minimum absolute atomic E-state index is 0.105. The third-order valence-corrected chi connectivity index (χ3v) is 11.4. The first-order chi connectivity index (χ1) is 23.8. The molecule has 254 valence electrons. The number of amides is 1. The molecule has 2 aromatic carbocycles. The first-order valence-corrected chi connectivity index (χ1v) is 17.8. The Morgan fingerprint density at radius 1 is 0.837 bits per heavy atom. The Morgan fingerprint density at radius 2 is 1.41 bits per heavy atom. The van der Waals surface area contributed by atoms with Crippen molar-refractivity contribution >= 4 is 29.1 Å². The van der Waals surface area contributed by atoms with Gasteiger partial charge in [0.05, 0.1) is 41.8 Å². The number of aliphatic hydroxyl groups excluding tert-OH is 1. The van der Waals surface area contributed by atoms with E-state index in [9.17, 15) is 9.90 Å². The minimum Gasteiger partial charge on any atom is -0.481 e. The number of benzene rings is 2. The molecule has 4 aromatic rings. The Hall–Kier alpha value is -3.73. The lowest BCUT2D eigenvalue weighted by Crippen LogP contribution is -2.51. The summed E-state index contributed by atoms with van der Waals surface area (Å²) in [6.07, 6.45) is 4.88. The number of β-amino-alcohol motifs (C(OH)–C–C–N with tert-alkyl or cyclic N) is 1. The highest BCUT2D eigenvalue weighted by molar-refractivity contribution is 6.39. The van der Waals surface area contributed by atoms with Crippen LogP contribution in [0.3, 0.4) is 0 Å². The van der Waals surface area contributed by atoms with Gasteiger partial charge in [-0.2, -0.15) is 0 Å². The second kappa shape index (κ2) is 13.2. The molecule has 3 atom stereocenters. The van der Waals surface area contributed by atoms with Crippen LogP contribution in [0.25, 0.3) is 33.6 Å². The summed E-state index contributed by atoms with van der Waals surface area (Å²) in [5.74, 6) is 1.31. The topological polar surface area (TPSA) is 109 Å². The molecule has 2 aliphatic heterocycles. The molecule has 0 spiro atoms. The SMILES string of the molecule is COc1nc(-c2cccc(-c3cccc(-c4cc5c(c(OC)n4)[C@@H](N4CC(O)C4)CC5)c3Cl)c2Cl)cc2c1[C@@H](NC[C@@H]1CCC(=O)N1)CC2. The largest absolute Gasteiger partial charge is 0.481 e. The summed E-state index contributed by atoms with van der Waals surface area (Å²) < 4.78 is 11.7. The molecule has 4 aliphatic rings. The molecular weight excluding hydrogens is 661 g/mol. The number of ether oxygens (including phenoxy) is 2. The number of halogens is 2. The molecule has 2 fully saturated rings. The van der Waals surface area contributed by atoms with Crippen molar-refractivity contribution in [1.29, 1.82) is 0 Å². The van der Waals surface area contributed by atoms with E-state index in [-0.39, 0.29) is 30.1 Å². The van der Waals surface area contributed by atoms with Gasteiger partial charge in [0.15, 0.2) is 0 Å². The van der Waals surface area contributed by atoms with Gasteiger partial charge in [0.1, 0.15) is 0 Å². The first kappa shape index (κ1) is 32.5. The number of nitrogens with zero attached hydrogens (tertiary/aromatic N) is 3. The van der Waals surface area contributed by atoms with Gasteiger partial charge >= 0.3 is 0 Å². The quantitative estimate of drug-likeness (QED) is 0.186. The van der Waals surface area contributed by atoms with Crippen LogP contribution in [0.2, 0.25) is 10.0 Å². The number of nitrogens with one attached hydrogen (secondary N) is 2. The van der Waals surface area contributed by atoms with Crippen molar-refractivity contribution in [2.75, 3.05) is 33.9 Å². The van der Waals surface area contributed by atoms with Gasteiger partial charge in [-0.15, -0.1) is 0 Å². The van der Waals surface area contributed by atoms with Crippen molar-refractivity contribution in [3.8, 4) is 45.4 Å². The van der Waals surface area contributed by atoms with Gasteiger partial charge in [-0.3, -0.25) is 9.69 Å². The zero-order valence-electron chi connectivity index (χ0n) is 27.6. The highest BCUT2D eigenvalue weighted by Crippen LogP contribution is 2.47. The highest BCUT2D eigenvalue weighted by atomic mass is 35.5. The molecule has 9 nitrogen and oxygen atoms in total. The Bertz CT molecular complexity index is 1950. The van der Waals surface area contributed by atoms with Crippen molar-refractivity contribution in [2.24, 2.45) is 0 Å². The van der Waals surface area contributed by atoms with Gasteiger partial charge in [-0.05, 0) is 55.4 Å². The van der Waals surface area contributed by atoms with Crippen LogP contribution < -0.4 is 20.1 Å². The van der Waals surface area contributed by atoms with E-state index < -0.39 is 0 Å². The number of aromatic nitrogens is 2. The van der Waals surface area contributed by atoms with Crippen molar-refractivity contribution in [3.05, 3.63) is 80.8 Å². The molecule has 4 heterocycles. The molecule has 0 radical (unpaired) electrons. The summed E-state index contributed by atoms with van der Waals surface area (Å²) in [5.41, 5.74) is 9.27. The third-order valence-electron chi connectivity index (χ3n) is 10.5. The number of fused-ring (bicyclic) bond motifs is 2. The summed E-state index contributed by atoms with van der Waals surface area (Å²) >= 11 is 14.4. The molecule has 0 saturated carbocycles. The molecule has 2 aliphatic carbocycles. The molecule has 8 rings (SSSR count). The monoisotopic (exact) mass is 699 g/mol. The first-order valence-electron chi connectivity index (χ1n) is 17.0. The molecule has 0 unspecified atom stereocenters. The lowest BCUT2D eigenvalue weighted by molar-refractivity contribution is -0.119. The maximum Gasteiger partial charge on any atom is 0.220 e. The van der Waals surface area contributed by atoms with Gasteiger partial charge in [-0.25, -0.2) is 9.97 Å². The van der Waals surface area contributed by atoms with Crippen molar-refractivity contribution in [1.82, 2.24) is 25.5 Å². The fourth-order valence-electron chi connectivity index (χ4n) is 8.08. The predicted octanol–water partition coefficient (Wildman–Crippen LogP) is 6.32. The number of likely N-dealkylation sites (tertiary alicyclic amines) is 1. The highest BCUT2D eigenvalue weighted by Gasteiger charge is 2.38. The van der Waals surface area contributed by atoms with Gasteiger partial charge in [0.25, 0.3) is 0 Å². The fraction of sp³-hybridized carbons (Fsp3) is 0.395. The summed E-state index contributed by atoms with van der Waals surface area (Å²) in [6, 6.07) is 16.6. The Labute approximate surface area is 296 Å². The number of aliphatic hydroxyl groups is 1. The van der Waals surface area contributed by atoms with Crippen molar-refractivity contribution in [3.63, 3.8) is 0 Å². The Balaban J connectivity index is 1.10. The molecule has 49 heavy (non-hydrogen) atoms. The number of carbonyl (C=O) groups is 1. The maximum absolute atomic E-state index is 11.7. The third kappa shape index (κ3) is 5.85. The van der Waals surface area contributed by atoms with E-state index >= 15 is 0 Å². The molecular formula is C38H39Cl2N5O4. The van der Waals surface area contributed by atoms with Crippen LogP contribution in [-0.4, -0.2) is 71.9 Å². The van der Waals surface area contributed by atoms with Crippen LogP contribution in [0.4, 0.5) is 0 Å². The van der Waals surface area contributed by atoms with Crippen LogP contribution in [0.1, 0.15) is 60.0 Å². The van der Waals surface area contributed by atoms with Crippen LogP contribution >= 0.6 is 23.2 Å². The van der Waals surface area contributed by atoms with E-state index in [0.717, 1.165) is 76.9 Å². The molecule has 2 saturated heterocycles. The maximum atomic E-state index is 11.7.